The van der Waals surface area contributed by atoms with E-state index in [4.69, 9.17) is 0 Å². The molecule has 1 saturated carbocycles. The molecule has 0 radical (unpaired) electrons. The number of carbonyl (C=O) groups excluding carboxylic acids is 1. The van der Waals surface area contributed by atoms with Crippen LogP contribution in [0.15, 0.2) is 0 Å². The fourth-order valence-electron chi connectivity index (χ4n) is 1.88. The minimum atomic E-state index is 0.203. The third-order valence-corrected chi connectivity index (χ3v) is 3.09. The molecule has 1 aliphatic carbocycles. The minimum absolute atomic E-state index is 0.203. The maximum absolute atomic E-state index is 11.7. The predicted octanol–water partition coefficient (Wildman–Crippen LogP) is 0.511. The normalized spacial score (nSPS) is 34.2. The largest absolute Gasteiger partial charge is 0.353 e. The van der Waals surface area contributed by atoms with Gasteiger partial charge in [0.2, 0.25) is 5.91 Å². The molecule has 0 spiro atoms. The topological polar surface area (TPSA) is 41.1 Å². The van der Waals surface area contributed by atoms with Crippen LogP contribution in [0.5, 0.6) is 0 Å². The second-order valence-corrected chi connectivity index (χ2v) is 4.36. The SMILES string of the molecule is C[C@H]1CCNC[C@@H]1C(=O)NC1CC1. The van der Waals surface area contributed by atoms with Crippen LogP contribution >= 0.6 is 0 Å². The molecule has 13 heavy (non-hydrogen) atoms. The van der Waals surface area contributed by atoms with Crippen LogP contribution in [0.2, 0.25) is 0 Å². The number of hydrogen-bond acceptors (Lipinski definition) is 2. The number of hydrogen-bond donors (Lipinski definition) is 2. The molecular weight excluding hydrogens is 164 g/mol. The van der Waals surface area contributed by atoms with E-state index in [2.05, 4.69) is 17.6 Å². The summed E-state index contributed by atoms with van der Waals surface area (Å²) >= 11 is 0. The molecule has 0 unspecified atom stereocenters. The van der Waals surface area contributed by atoms with Crippen molar-refractivity contribution in [2.24, 2.45) is 11.8 Å². The van der Waals surface area contributed by atoms with E-state index in [1.165, 1.54) is 12.8 Å². The Bertz CT molecular complexity index is 201. The van der Waals surface area contributed by atoms with Crippen molar-refractivity contribution in [3.05, 3.63) is 0 Å². The van der Waals surface area contributed by atoms with Crippen LogP contribution in [-0.4, -0.2) is 25.0 Å². The van der Waals surface area contributed by atoms with E-state index in [0.29, 0.717) is 12.0 Å². The van der Waals surface area contributed by atoms with Gasteiger partial charge in [-0.1, -0.05) is 6.92 Å². The summed E-state index contributed by atoms with van der Waals surface area (Å²) in [4.78, 5) is 11.7. The highest BCUT2D eigenvalue weighted by Gasteiger charge is 2.31. The van der Waals surface area contributed by atoms with Gasteiger partial charge in [-0.2, -0.15) is 0 Å². The van der Waals surface area contributed by atoms with Crippen LogP contribution in [0.4, 0.5) is 0 Å². The van der Waals surface area contributed by atoms with Crippen LogP contribution in [0.3, 0.4) is 0 Å². The van der Waals surface area contributed by atoms with Gasteiger partial charge < -0.3 is 10.6 Å². The van der Waals surface area contributed by atoms with Crippen molar-refractivity contribution >= 4 is 5.91 Å². The molecule has 2 fully saturated rings. The molecule has 3 nitrogen and oxygen atoms in total. The van der Waals surface area contributed by atoms with Crippen LogP contribution in [0.1, 0.15) is 26.2 Å². The Balaban J connectivity index is 1.85. The molecule has 0 bridgehead atoms. The van der Waals surface area contributed by atoms with Gasteiger partial charge in [0.05, 0.1) is 5.92 Å². The summed E-state index contributed by atoms with van der Waals surface area (Å²) in [5.74, 6) is 1.01. The maximum atomic E-state index is 11.7. The van der Waals surface area contributed by atoms with Gasteiger partial charge in [-0.05, 0) is 31.7 Å². The average molecular weight is 182 g/mol. The predicted molar refractivity (Wildman–Crippen MR) is 51.3 cm³/mol. The molecule has 2 atom stereocenters. The minimum Gasteiger partial charge on any atom is -0.353 e. The van der Waals surface area contributed by atoms with Crippen molar-refractivity contribution in [3.8, 4) is 0 Å². The zero-order valence-electron chi connectivity index (χ0n) is 8.18. The summed E-state index contributed by atoms with van der Waals surface area (Å²) in [6.45, 7) is 4.10. The fraction of sp³-hybridized carbons (Fsp3) is 0.900. The Morgan fingerprint density at radius 1 is 1.38 bits per heavy atom. The lowest BCUT2D eigenvalue weighted by molar-refractivity contribution is -0.127. The average Bonchev–Trinajstić information content (AvgIpc) is 2.89. The van der Waals surface area contributed by atoms with Gasteiger partial charge in [0.15, 0.2) is 0 Å². The highest BCUT2D eigenvalue weighted by Crippen LogP contribution is 2.22. The van der Waals surface area contributed by atoms with Crippen LogP contribution in [-0.2, 0) is 4.79 Å². The van der Waals surface area contributed by atoms with E-state index in [-0.39, 0.29) is 11.8 Å². The van der Waals surface area contributed by atoms with Gasteiger partial charge in [0.25, 0.3) is 0 Å². The molecule has 0 aromatic carbocycles. The Morgan fingerprint density at radius 2 is 2.15 bits per heavy atom. The molecule has 0 aromatic heterocycles. The Morgan fingerprint density at radius 3 is 2.77 bits per heavy atom. The van der Waals surface area contributed by atoms with Gasteiger partial charge in [-0.15, -0.1) is 0 Å². The van der Waals surface area contributed by atoms with E-state index in [1.807, 2.05) is 0 Å². The maximum Gasteiger partial charge on any atom is 0.224 e. The quantitative estimate of drug-likeness (QED) is 0.653. The van der Waals surface area contributed by atoms with E-state index >= 15 is 0 Å². The number of rotatable bonds is 2. The molecule has 74 valence electrons. The first-order chi connectivity index (χ1) is 6.27. The lowest BCUT2D eigenvalue weighted by Gasteiger charge is -2.28. The Labute approximate surface area is 79.3 Å². The van der Waals surface area contributed by atoms with Crippen molar-refractivity contribution in [2.75, 3.05) is 13.1 Å². The standard InChI is InChI=1S/C10H18N2O/c1-7-4-5-11-6-9(7)10(13)12-8-2-3-8/h7-9,11H,2-6H2,1H3,(H,12,13)/t7-,9-/m0/s1. The first-order valence-corrected chi connectivity index (χ1v) is 5.28. The highest BCUT2D eigenvalue weighted by molar-refractivity contribution is 5.79. The molecule has 1 saturated heterocycles. The lowest BCUT2D eigenvalue weighted by atomic mass is 9.87. The second-order valence-electron chi connectivity index (χ2n) is 4.36. The highest BCUT2D eigenvalue weighted by atomic mass is 16.2. The van der Waals surface area contributed by atoms with Crippen molar-refractivity contribution < 1.29 is 4.79 Å². The van der Waals surface area contributed by atoms with Crippen molar-refractivity contribution in [1.29, 1.82) is 0 Å². The fourth-order valence-corrected chi connectivity index (χ4v) is 1.88. The van der Waals surface area contributed by atoms with Gasteiger partial charge in [-0.3, -0.25) is 4.79 Å². The van der Waals surface area contributed by atoms with Crippen molar-refractivity contribution in [2.45, 2.75) is 32.2 Å². The van der Waals surface area contributed by atoms with Crippen LogP contribution in [0, 0.1) is 11.8 Å². The van der Waals surface area contributed by atoms with Crippen molar-refractivity contribution in [1.82, 2.24) is 10.6 Å². The molecule has 2 N–H and O–H groups in total. The third-order valence-electron chi connectivity index (χ3n) is 3.09. The summed E-state index contributed by atoms with van der Waals surface area (Å²) in [5, 5.41) is 6.35. The number of carbonyl (C=O) groups is 1. The smallest absolute Gasteiger partial charge is 0.224 e. The molecule has 2 aliphatic rings. The molecule has 1 heterocycles. The Kier molecular flexibility index (Phi) is 2.54. The monoisotopic (exact) mass is 182 g/mol. The summed E-state index contributed by atoms with van der Waals surface area (Å²) in [5.41, 5.74) is 0. The number of amides is 1. The molecule has 1 amide bonds. The first-order valence-electron chi connectivity index (χ1n) is 5.28. The van der Waals surface area contributed by atoms with Gasteiger partial charge in [0.1, 0.15) is 0 Å². The molecule has 1 aliphatic heterocycles. The Hall–Kier alpha value is -0.570. The van der Waals surface area contributed by atoms with Crippen LogP contribution in [0.25, 0.3) is 0 Å². The van der Waals surface area contributed by atoms with Gasteiger partial charge in [-0.25, -0.2) is 0 Å². The number of nitrogens with one attached hydrogen (secondary N) is 2. The third kappa shape index (κ3) is 2.21. The molecule has 3 heteroatoms. The summed E-state index contributed by atoms with van der Waals surface area (Å²) in [6.07, 6.45) is 3.49. The molecule has 2 rings (SSSR count). The van der Waals surface area contributed by atoms with Crippen LogP contribution < -0.4 is 10.6 Å². The van der Waals surface area contributed by atoms with E-state index in [9.17, 15) is 4.79 Å². The van der Waals surface area contributed by atoms with E-state index in [1.54, 1.807) is 0 Å². The summed E-state index contributed by atoms with van der Waals surface area (Å²) in [7, 11) is 0. The summed E-state index contributed by atoms with van der Waals surface area (Å²) in [6, 6.07) is 0.502. The molecule has 0 aromatic rings. The first kappa shape index (κ1) is 9.00. The zero-order chi connectivity index (χ0) is 9.26. The van der Waals surface area contributed by atoms with Crippen molar-refractivity contribution in [3.63, 3.8) is 0 Å². The van der Waals surface area contributed by atoms with E-state index < -0.39 is 0 Å². The van der Waals surface area contributed by atoms with Gasteiger partial charge in [0, 0.05) is 12.6 Å². The second kappa shape index (κ2) is 3.66. The van der Waals surface area contributed by atoms with E-state index in [0.717, 1.165) is 19.5 Å². The van der Waals surface area contributed by atoms with Gasteiger partial charge >= 0.3 is 0 Å². The zero-order valence-corrected chi connectivity index (χ0v) is 8.18. The summed E-state index contributed by atoms with van der Waals surface area (Å²) < 4.78 is 0. The number of piperidine rings is 1. The molecular formula is C10H18N2O. The lowest BCUT2D eigenvalue weighted by Crippen LogP contribution is -2.45.